The molecule has 2 nitrogen and oxygen atoms in total. The molecule has 0 saturated heterocycles. The third-order valence-corrected chi connectivity index (χ3v) is 1.67. The molecule has 1 aromatic rings. The SMILES string of the molecule is Cc1cc(O)cc(CCC=O)c1. The van der Waals surface area contributed by atoms with Crippen LogP contribution in [0.3, 0.4) is 0 Å². The largest absolute Gasteiger partial charge is 0.508 e. The lowest BCUT2D eigenvalue weighted by Crippen LogP contribution is -1.86. The second-order valence-corrected chi connectivity index (χ2v) is 2.88. The summed E-state index contributed by atoms with van der Waals surface area (Å²) in [7, 11) is 0. The number of rotatable bonds is 3. The number of carbonyl (C=O) groups excluding carboxylic acids is 1. The normalized spacial score (nSPS) is 9.75. The Hall–Kier alpha value is -1.31. The van der Waals surface area contributed by atoms with Gasteiger partial charge < -0.3 is 9.90 Å². The van der Waals surface area contributed by atoms with E-state index in [1.165, 1.54) is 0 Å². The molecular formula is C10H12O2. The van der Waals surface area contributed by atoms with Gasteiger partial charge in [-0.05, 0) is 36.6 Å². The minimum Gasteiger partial charge on any atom is -0.508 e. The van der Waals surface area contributed by atoms with Crippen molar-refractivity contribution >= 4 is 6.29 Å². The van der Waals surface area contributed by atoms with Crippen LogP contribution in [0, 0.1) is 6.92 Å². The van der Waals surface area contributed by atoms with Crippen LogP contribution in [0.5, 0.6) is 5.75 Å². The van der Waals surface area contributed by atoms with Gasteiger partial charge in [-0.25, -0.2) is 0 Å². The van der Waals surface area contributed by atoms with Gasteiger partial charge >= 0.3 is 0 Å². The molecule has 1 N–H and O–H groups in total. The number of carbonyl (C=O) groups is 1. The fourth-order valence-electron chi connectivity index (χ4n) is 1.21. The summed E-state index contributed by atoms with van der Waals surface area (Å²) in [6.07, 6.45) is 2.11. The summed E-state index contributed by atoms with van der Waals surface area (Å²) in [5.74, 6) is 0.274. The van der Waals surface area contributed by atoms with Gasteiger partial charge in [-0.1, -0.05) is 6.07 Å². The maximum atomic E-state index is 10.1. The molecule has 2 heteroatoms. The molecule has 12 heavy (non-hydrogen) atoms. The first-order valence-corrected chi connectivity index (χ1v) is 3.95. The standard InChI is InChI=1S/C10H12O2/c1-8-5-9(3-2-4-11)7-10(12)6-8/h4-7,12H,2-3H2,1H3. The zero-order valence-electron chi connectivity index (χ0n) is 7.08. The fourth-order valence-corrected chi connectivity index (χ4v) is 1.21. The predicted molar refractivity (Wildman–Crippen MR) is 47.2 cm³/mol. The van der Waals surface area contributed by atoms with Gasteiger partial charge in [-0.15, -0.1) is 0 Å². The maximum absolute atomic E-state index is 10.1. The number of hydrogen-bond donors (Lipinski definition) is 1. The van der Waals surface area contributed by atoms with Crippen molar-refractivity contribution in [1.82, 2.24) is 0 Å². The molecular weight excluding hydrogens is 152 g/mol. The molecule has 0 spiro atoms. The van der Waals surface area contributed by atoms with Gasteiger partial charge in [0.1, 0.15) is 12.0 Å². The average Bonchev–Trinajstić information content (AvgIpc) is 1.99. The molecule has 0 aromatic heterocycles. The van der Waals surface area contributed by atoms with E-state index in [2.05, 4.69) is 0 Å². The lowest BCUT2D eigenvalue weighted by Gasteiger charge is -2.00. The van der Waals surface area contributed by atoms with Crippen molar-refractivity contribution < 1.29 is 9.90 Å². The highest BCUT2D eigenvalue weighted by molar-refractivity contribution is 5.50. The zero-order chi connectivity index (χ0) is 8.97. The summed E-state index contributed by atoms with van der Waals surface area (Å²) in [5.41, 5.74) is 2.04. The number of phenolic OH excluding ortho intramolecular Hbond substituents is 1. The molecule has 0 amide bonds. The molecule has 0 saturated carbocycles. The highest BCUT2D eigenvalue weighted by Gasteiger charge is 1.96. The average molecular weight is 164 g/mol. The zero-order valence-corrected chi connectivity index (χ0v) is 7.08. The van der Waals surface area contributed by atoms with Gasteiger partial charge in [-0.2, -0.15) is 0 Å². The molecule has 0 heterocycles. The Bertz CT molecular complexity index is 259. The lowest BCUT2D eigenvalue weighted by molar-refractivity contribution is -0.107. The molecule has 0 aliphatic carbocycles. The molecule has 0 aliphatic heterocycles. The van der Waals surface area contributed by atoms with Crippen LogP contribution in [0.4, 0.5) is 0 Å². The second kappa shape index (κ2) is 3.90. The van der Waals surface area contributed by atoms with Gasteiger partial charge in [-0.3, -0.25) is 0 Å². The lowest BCUT2D eigenvalue weighted by atomic mass is 10.1. The first kappa shape index (κ1) is 8.78. The summed E-state index contributed by atoms with van der Waals surface area (Å²) in [4.78, 5) is 10.1. The van der Waals surface area contributed by atoms with Crippen LogP contribution in [0.2, 0.25) is 0 Å². The van der Waals surface area contributed by atoms with E-state index in [0.29, 0.717) is 12.8 Å². The van der Waals surface area contributed by atoms with Crippen molar-refractivity contribution in [3.05, 3.63) is 29.3 Å². The maximum Gasteiger partial charge on any atom is 0.120 e. The smallest absolute Gasteiger partial charge is 0.120 e. The van der Waals surface area contributed by atoms with E-state index in [-0.39, 0.29) is 5.75 Å². The van der Waals surface area contributed by atoms with E-state index < -0.39 is 0 Å². The highest BCUT2D eigenvalue weighted by Crippen LogP contribution is 2.15. The number of aryl methyl sites for hydroxylation is 2. The van der Waals surface area contributed by atoms with Crippen LogP contribution in [-0.4, -0.2) is 11.4 Å². The molecule has 0 unspecified atom stereocenters. The number of phenols is 1. The molecule has 0 radical (unpaired) electrons. The second-order valence-electron chi connectivity index (χ2n) is 2.88. The Balaban J connectivity index is 2.78. The van der Waals surface area contributed by atoms with Crippen molar-refractivity contribution in [2.75, 3.05) is 0 Å². The first-order chi connectivity index (χ1) is 5.72. The summed E-state index contributed by atoms with van der Waals surface area (Å²) in [6, 6.07) is 5.37. The Morgan fingerprint density at radius 2 is 2.17 bits per heavy atom. The topological polar surface area (TPSA) is 37.3 Å². The van der Waals surface area contributed by atoms with E-state index in [0.717, 1.165) is 17.4 Å². The summed E-state index contributed by atoms with van der Waals surface area (Å²) < 4.78 is 0. The summed E-state index contributed by atoms with van der Waals surface area (Å²) in [5, 5.41) is 9.20. The molecule has 64 valence electrons. The van der Waals surface area contributed by atoms with Gasteiger partial charge in [0.25, 0.3) is 0 Å². The summed E-state index contributed by atoms with van der Waals surface area (Å²) in [6.45, 7) is 1.92. The number of aldehydes is 1. The molecule has 1 aromatic carbocycles. The Kier molecular flexibility index (Phi) is 2.86. The highest BCUT2D eigenvalue weighted by atomic mass is 16.3. The van der Waals surface area contributed by atoms with Crippen LogP contribution in [0.15, 0.2) is 18.2 Å². The van der Waals surface area contributed by atoms with Gasteiger partial charge in [0.15, 0.2) is 0 Å². The van der Waals surface area contributed by atoms with Crippen molar-refractivity contribution in [2.45, 2.75) is 19.8 Å². The van der Waals surface area contributed by atoms with Gasteiger partial charge in [0, 0.05) is 6.42 Å². The van der Waals surface area contributed by atoms with E-state index >= 15 is 0 Å². The van der Waals surface area contributed by atoms with Gasteiger partial charge in [0.2, 0.25) is 0 Å². The van der Waals surface area contributed by atoms with Crippen molar-refractivity contribution in [3.8, 4) is 5.75 Å². The van der Waals surface area contributed by atoms with Crippen LogP contribution in [0.1, 0.15) is 17.5 Å². The molecule has 1 rings (SSSR count). The van der Waals surface area contributed by atoms with Gasteiger partial charge in [0.05, 0.1) is 0 Å². The minimum absolute atomic E-state index is 0.274. The molecule has 0 atom stereocenters. The fraction of sp³-hybridized carbons (Fsp3) is 0.300. The van der Waals surface area contributed by atoms with Crippen molar-refractivity contribution in [3.63, 3.8) is 0 Å². The van der Waals surface area contributed by atoms with Crippen LogP contribution in [0.25, 0.3) is 0 Å². The van der Waals surface area contributed by atoms with Crippen molar-refractivity contribution in [1.29, 1.82) is 0 Å². The van der Waals surface area contributed by atoms with E-state index in [9.17, 15) is 9.90 Å². The first-order valence-electron chi connectivity index (χ1n) is 3.95. The van der Waals surface area contributed by atoms with Crippen LogP contribution < -0.4 is 0 Å². The Morgan fingerprint density at radius 3 is 2.75 bits per heavy atom. The number of aromatic hydroxyl groups is 1. The third-order valence-electron chi connectivity index (χ3n) is 1.67. The van der Waals surface area contributed by atoms with Crippen LogP contribution >= 0.6 is 0 Å². The number of benzene rings is 1. The summed E-state index contributed by atoms with van der Waals surface area (Å²) >= 11 is 0. The van der Waals surface area contributed by atoms with E-state index in [1.807, 2.05) is 13.0 Å². The van der Waals surface area contributed by atoms with E-state index in [4.69, 9.17) is 0 Å². The predicted octanol–water partition coefficient (Wildman–Crippen LogP) is 1.83. The van der Waals surface area contributed by atoms with Crippen molar-refractivity contribution in [2.24, 2.45) is 0 Å². The van der Waals surface area contributed by atoms with Crippen LogP contribution in [-0.2, 0) is 11.2 Å². The monoisotopic (exact) mass is 164 g/mol. The van der Waals surface area contributed by atoms with E-state index in [1.54, 1.807) is 12.1 Å². The minimum atomic E-state index is 0.274. The third kappa shape index (κ3) is 2.38. The molecule has 0 aliphatic rings. The molecule has 0 fully saturated rings. The Morgan fingerprint density at radius 1 is 1.42 bits per heavy atom. The number of hydrogen-bond acceptors (Lipinski definition) is 2. The molecule has 0 bridgehead atoms. The Labute approximate surface area is 71.8 Å². The quantitative estimate of drug-likeness (QED) is 0.692.